The lowest BCUT2D eigenvalue weighted by Crippen LogP contribution is -2.52. The Bertz CT molecular complexity index is 2340. The Morgan fingerprint density at radius 3 is 1.76 bits per heavy atom. The number of carbonyl (C=O) groups is 4. The third kappa shape index (κ3) is 7.74. The van der Waals surface area contributed by atoms with Gasteiger partial charge < -0.3 is 40.3 Å². The van der Waals surface area contributed by atoms with E-state index in [0.29, 0.717) is 35.5 Å². The smallest absolute Gasteiger partial charge is 0.407 e. The standard InChI is InChI=1S/C48H56N8O6/c1-61-47(59)54-41(34-16-29-14-30(29)17-34)45(57)53-36(13-24-3-4-24)43-49-22-37(51-43)27-9-5-25(6-10-27)26-7-11-28(12-8-26)38-23-50-44(52-38)40-21-33-20-39(33)56(40)46(58)42(55-48(60)62-2)35-18-31-15-32(31)19-35/h5-12,22-24,29-36,39-42H,3-4,13-21H2,1-2H3,(H,49,51)(H,50,52)(H,53,57)(H,54,59)(H,55,60)/t29-,30+,31-,32+,33-,34?,35?,36+,39-,40+,41?,42?/m1/s1. The van der Waals surface area contributed by atoms with Crippen LogP contribution in [0.4, 0.5) is 9.59 Å². The Morgan fingerprint density at radius 1 is 0.645 bits per heavy atom. The number of nitrogens with one attached hydrogen (secondary N) is 5. The van der Waals surface area contributed by atoms with E-state index in [4.69, 9.17) is 19.4 Å². The van der Waals surface area contributed by atoms with Crippen LogP contribution < -0.4 is 16.0 Å². The summed E-state index contributed by atoms with van der Waals surface area (Å²) in [5, 5.41) is 9.02. The van der Waals surface area contributed by atoms with E-state index in [1.807, 2.05) is 17.3 Å². The van der Waals surface area contributed by atoms with E-state index in [0.717, 1.165) is 103 Å². The first-order valence-corrected chi connectivity index (χ1v) is 22.8. The molecule has 62 heavy (non-hydrogen) atoms. The second-order valence-electron chi connectivity index (χ2n) is 19.5. The SMILES string of the molecule is COC(=O)NC(C(=O)N[C@@H](CC1CC1)c1ncc(-c2ccc(-c3ccc(-c4cnc([C@@H]5C[C@H]6C[C@H]6N5C(=O)C(NC(=O)OC)C5C[C@@H]6C[C@@H]6C5)[nH]4)cc3)cc2)[nH]1)C1C[C@@H]2C[C@@H]2C1. The number of imidazole rings is 2. The summed E-state index contributed by atoms with van der Waals surface area (Å²) in [7, 11) is 2.68. The molecule has 12 atom stereocenters. The Hall–Kier alpha value is -5.66. The van der Waals surface area contributed by atoms with Crippen molar-refractivity contribution in [3.8, 4) is 33.6 Å². The fourth-order valence-corrected chi connectivity index (χ4v) is 11.6. The van der Waals surface area contributed by atoms with Crippen LogP contribution in [0.25, 0.3) is 33.6 Å². The molecule has 3 heterocycles. The fraction of sp³-hybridized carbons (Fsp3) is 0.542. The Kier molecular flexibility index (Phi) is 9.87. The number of likely N-dealkylation sites (tertiary alicyclic amines) is 1. The number of fused-ring (bicyclic) bond motifs is 3. The van der Waals surface area contributed by atoms with Crippen LogP contribution in [0.3, 0.4) is 0 Å². The zero-order chi connectivity index (χ0) is 42.2. The van der Waals surface area contributed by atoms with E-state index in [-0.39, 0.29) is 41.8 Å². The summed E-state index contributed by atoms with van der Waals surface area (Å²) in [5.74, 6) is 5.33. The highest BCUT2D eigenvalue weighted by atomic mass is 16.5. The molecule has 4 aromatic rings. The van der Waals surface area contributed by atoms with Crippen LogP contribution in [-0.4, -0.2) is 81.2 Å². The van der Waals surface area contributed by atoms with Gasteiger partial charge in [-0.3, -0.25) is 9.59 Å². The van der Waals surface area contributed by atoms with Gasteiger partial charge in [-0.2, -0.15) is 0 Å². The molecule has 324 valence electrons. The number of carbonyl (C=O) groups excluding carboxylic acids is 4. The number of nitrogens with zero attached hydrogens (tertiary/aromatic N) is 3. The molecule has 5 N–H and O–H groups in total. The van der Waals surface area contributed by atoms with Crippen LogP contribution in [0.1, 0.15) is 94.4 Å². The third-order valence-corrected chi connectivity index (χ3v) is 15.5. The molecule has 6 aliphatic carbocycles. The van der Waals surface area contributed by atoms with Gasteiger partial charge in [0.25, 0.3) is 0 Å². The molecule has 4 amide bonds. The number of methoxy groups -OCH3 is 2. The van der Waals surface area contributed by atoms with E-state index in [1.165, 1.54) is 27.1 Å². The molecule has 7 aliphatic rings. The van der Waals surface area contributed by atoms with Gasteiger partial charge in [0, 0.05) is 6.04 Å². The van der Waals surface area contributed by atoms with Gasteiger partial charge in [0.15, 0.2) is 0 Å². The van der Waals surface area contributed by atoms with Crippen molar-refractivity contribution in [1.82, 2.24) is 40.8 Å². The summed E-state index contributed by atoms with van der Waals surface area (Å²) >= 11 is 0. The van der Waals surface area contributed by atoms with Crippen LogP contribution in [0.2, 0.25) is 0 Å². The van der Waals surface area contributed by atoms with Crippen molar-refractivity contribution in [3.05, 3.63) is 72.6 Å². The first-order chi connectivity index (χ1) is 30.2. The molecule has 11 rings (SSSR count). The number of ether oxygens (including phenoxy) is 2. The number of benzene rings is 2. The van der Waals surface area contributed by atoms with Crippen molar-refractivity contribution in [1.29, 1.82) is 0 Å². The highest BCUT2D eigenvalue weighted by Gasteiger charge is 2.58. The monoisotopic (exact) mass is 840 g/mol. The van der Waals surface area contributed by atoms with Crippen molar-refractivity contribution in [2.45, 2.75) is 101 Å². The number of rotatable bonds is 14. The molecular weight excluding hydrogens is 785 g/mol. The second-order valence-corrected chi connectivity index (χ2v) is 19.5. The molecule has 7 fully saturated rings. The summed E-state index contributed by atoms with van der Waals surface area (Å²) in [6.45, 7) is 0. The maximum atomic E-state index is 14.3. The minimum absolute atomic E-state index is 0.00512. The van der Waals surface area contributed by atoms with Crippen LogP contribution in [-0.2, 0) is 19.1 Å². The quantitative estimate of drug-likeness (QED) is 0.0877. The number of alkyl carbamates (subject to hydrolysis) is 2. The van der Waals surface area contributed by atoms with Gasteiger partial charge in [-0.05, 0) is 127 Å². The van der Waals surface area contributed by atoms with Gasteiger partial charge in [-0.1, -0.05) is 61.4 Å². The zero-order valence-corrected chi connectivity index (χ0v) is 35.3. The van der Waals surface area contributed by atoms with Gasteiger partial charge >= 0.3 is 12.2 Å². The fourth-order valence-electron chi connectivity index (χ4n) is 11.6. The van der Waals surface area contributed by atoms with Crippen molar-refractivity contribution in [3.63, 3.8) is 0 Å². The molecule has 0 radical (unpaired) electrons. The highest BCUT2D eigenvalue weighted by Crippen LogP contribution is 2.58. The number of amides is 4. The van der Waals surface area contributed by atoms with Gasteiger partial charge in [0.05, 0.1) is 50.1 Å². The molecule has 0 spiro atoms. The summed E-state index contributed by atoms with van der Waals surface area (Å²) < 4.78 is 9.84. The molecule has 0 bridgehead atoms. The predicted octanol–water partition coefficient (Wildman–Crippen LogP) is 7.29. The van der Waals surface area contributed by atoms with Crippen LogP contribution >= 0.6 is 0 Å². The van der Waals surface area contributed by atoms with Crippen molar-refractivity contribution in [2.24, 2.45) is 47.3 Å². The molecule has 6 saturated carbocycles. The summed E-state index contributed by atoms with van der Waals surface area (Å²) in [4.78, 5) is 71.3. The van der Waals surface area contributed by atoms with Crippen LogP contribution in [0.5, 0.6) is 0 Å². The Balaban J connectivity index is 0.748. The average Bonchev–Trinajstić information content (AvgIpc) is 4.28. The van der Waals surface area contributed by atoms with E-state index < -0.39 is 24.3 Å². The van der Waals surface area contributed by atoms with E-state index in [2.05, 4.69) is 74.4 Å². The van der Waals surface area contributed by atoms with Crippen molar-refractivity contribution in [2.75, 3.05) is 14.2 Å². The average molecular weight is 841 g/mol. The lowest BCUT2D eigenvalue weighted by molar-refractivity contribution is -0.137. The minimum Gasteiger partial charge on any atom is -0.453 e. The van der Waals surface area contributed by atoms with Crippen molar-refractivity contribution >= 4 is 24.0 Å². The van der Waals surface area contributed by atoms with Crippen molar-refractivity contribution < 1.29 is 28.7 Å². The Morgan fingerprint density at radius 2 is 1.18 bits per heavy atom. The molecule has 14 nitrogen and oxygen atoms in total. The van der Waals surface area contributed by atoms with Crippen LogP contribution in [0, 0.1) is 47.3 Å². The van der Waals surface area contributed by atoms with Crippen LogP contribution in [0.15, 0.2) is 60.9 Å². The third-order valence-electron chi connectivity index (χ3n) is 15.5. The highest BCUT2D eigenvalue weighted by molar-refractivity contribution is 5.88. The minimum atomic E-state index is -0.626. The normalized spacial score (nSPS) is 30.0. The van der Waals surface area contributed by atoms with Gasteiger partial charge in [0.2, 0.25) is 11.8 Å². The topological polar surface area (TPSA) is 183 Å². The number of piperidine rings is 1. The lowest BCUT2D eigenvalue weighted by Gasteiger charge is -2.33. The number of H-pyrrole nitrogens is 2. The van der Waals surface area contributed by atoms with E-state index >= 15 is 0 Å². The molecule has 2 aromatic heterocycles. The Labute approximate surface area is 361 Å². The number of aromatic nitrogens is 4. The largest absolute Gasteiger partial charge is 0.453 e. The maximum Gasteiger partial charge on any atom is 0.407 e. The zero-order valence-electron chi connectivity index (χ0n) is 35.3. The van der Waals surface area contributed by atoms with Gasteiger partial charge in [-0.15, -0.1) is 0 Å². The maximum absolute atomic E-state index is 14.3. The summed E-state index contributed by atoms with van der Waals surface area (Å²) in [5.41, 5.74) is 5.92. The molecule has 2 aromatic carbocycles. The number of aromatic amines is 2. The molecule has 14 heteroatoms. The molecule has 1 aliphatic heterocycles. The van der Waals surface area contributed by atoms with Gasteiger partial charge in [-0.25, -0.2) is 19.6 Å². The first kappa shape index (κ1) is 39.2. The summed E-state index contributed by atoms with van der Waals surface area (Å²) in [6, 6.07) is 15.3. The number of hydrogen-bond acceptors (Lipinski definition) is 8. The molecular formula is C48H56N8O6. The first-order valence-electron chi connectivity index (χ1n) is 22.8. The molecule has 1 saturated heterocycles. The number of hydrogen-bond donors (Lipinski definition) is 5. The van der Waals surface area contributed by atoms with E-state index in [9.17, 15) is 19.2 Å². The van der Waals surface area contributed by atoms with Gasteiger partial charge in [0.1, 0.15) is 23.7 Å². The second kappa shape index (κ2) is 15.6. The predicted molar refractivity (Wildman–Crippen MR) is 229 cm³/mol. The van der Waals surface area contributed by atoms with E-state index in [1.54, 1.807) is 0 Å². The summed E-state index contributed by atoms with van der Waals surface area (Å²) in [6.07, 6.45) is 13.9. The lowest BCUT2D eigenvalue weighted by atomic mass is 9.93. The molecule has 4 unspecified atom stereocenters.